The predicted octanol–water partition coefficient (Wildman–Crippen LogP) is 1.95. The molecular formula is C16H22N4O6S3. The van der Waals surface area contributed by atoms with E-state index in [4.69, 9.17) is 5.11 Å². The van der Waals surface area contributed by atoms with Crippen LogP contribution in [0.4, 0.5) is 5.82 Å². The molecule has 29 heavy (non-hydrogen) atoms. The number of carboxylic acid groups (broad SMARTS) is 1. The highest BCUT2D eigenvalue weighted by Gasteiger charge is 2.29. The minimum atomic E-state index is -4.02. The molecular weight excluding hydrogens is 440 g/mol. The maximum Gasteiger partial charge on any atom is 0.336 e. The molecule has 0 unspecified atom stereocenters. The van der Waals surface area contributed by atoms with Gasteiger partial charge in [-0.1, -0.05) is 0 Å². The van der Waals surface area contributed by atoms with Crippen LogP contribution in [0.15, 0.2) is 38.9 Å². The van der Waals surface area contributed by atoms with E-state index in [0.717, 1.165) is 23.6 Å². The van der Waals surface area contributed by atoms with Gasteiger partial charge in [-0.2, -0.15) is 4.31 Å². The lowest BCUT2D eigenvalue weighted by molar-refractivity contribution is 0.0697. The molecule has 0 fully saturated rings. The van der Waals surface area contributed by atoms with E-state index in [9.17, 15) is 21.6 Å². The molecule has 13 heteroatoms. The van der Waals surface area contributed by atoms with Crippen LogP contribution in [-0.4, -0.2) is 49.3 Å². The van der Waals surface area contributed by atoms with E-state index in [-0.39, 0.29) is 32.6 Å². The van der Waals surface area contributed by atoms with Gasteiger partial charge in [-0.05, 0) is 45.9 Å². The van der Waals surface area contributed by atoms with Crippen LogP contribution >= 0.6 is 11.3 Å². The molecule has 0 saturated heterocycles. The summed E-state index contributed by atoms with van der Waals surface area (Å²) in [5.74, 6) is -1.16. The molecule has 0 amide bonds. The zero-order valence-electron chi connectivity index (χ0n) is 16.1. The topological polar surface area (TPSA) is 146 Å². The van der Waals surface area contributed by atoms with Crippen molar-refractivity contribution in [3.05, 3.63) is 35.3 Å². The van der Waals surface area contributed by atoms with Crippen LogP contribution in [0.3, 0.4) is 0 Å². The summed E-state index contributed by atoms with van der Waals surface area (Å²) in [6, 6.07) is 3.19. The van der Waals surface area contributed by atoms with Gasteiger partial charge in [-0.3, -0.25) is 5.43 Å². The highest BCUT2D eigenvalue weighted by atomic mass is 32.2. The van der Waals surface area contributed by atoms with E-state index in [1.54, 1.807) is 27.7 Å². The lowest BCUT2D eigenvalue weighted by Crippen LogP contribution is -2.41. The number of hydrazine groups is 1. The Morgan fingerprint density at radius 2 is 1.76 bits per heavy atom. The van der Waals surface area contributed by atoms with E-state index >= 15 is 0 Å². The molecule has 10 nitrogen and oxygen atoms in total. The number of hydrogen-bond acceptors (Lipinski definition) is 8. The summed E-state index contributed by atoms with van der Waals surface area (Å²) in [5, 5.41) is 10.1. The average Bonchev–Trinajstić information content (AvgIpc) is 3.11. The Bertz CT molecular complexity index is 1070. The molecule has 2 aromatic heterocycles. The average molecular weight is 463 g/mol. The molecule has 0 bridgehead atoms. The summed E-state index contributed by atoms with van der Waals surface area (Å²) in [6.45, 7) is 7.10. The second-order valence-electron chi connectivity index (χ2n) is 6.59. The van der Waals surface area contributed by atoms with Gasteiger partial charge in [0.05, 0.1) is 5.56 Å². The van der Waals surface area contributed by atoms with Crippen molar-refractivity contribution in [3.63, 3.8) is 0 Å². The number of aromatic carboxylic acids is 1. The van der Waals surface area contributed by atoms with E-state index in [1.807, 2.05) is 0 Å². The van der Waals surface area contributed by atoms with Crippen molar-refractivity contribution in [1.82, 2.24) is 14.1 Å². The third-order valence-corrected chi connectivity index (χ3v) is 8.65. The number of sulfonamides is 2. The number of nitrogens with one attached hydrogen (secondary N) is 2. The Kier molecular flexibility index (Phi) is 7.01. The van der Waals surface area contributed by atoms with E-state index in [2.05, 4.69) is 15.2 Å². The summed E-state index contributed by atoms with van der Waals surface area (Å²) in [7, 11) is -7.78. The lowest BCUT2D eigenvalue weighted by atomic mass is 10.3. The molecule has 0 radical (unpaired) electrons. The van der Waals surface area contributed by atoms with Gasteiger partial charge in [-0.15, -0.1) is 16.2 Å². The molecule has 0 aliphatic carbocycles. The second kappa shape index (κ2) is 8.75. The lowest BCUT2D eigenvalue weighted by Gasteiger charge is -2.29. The minimum Gasteiger partial charge on any atom is -0.478 e. The van der Waals surface area contributed by atoms with Gasteiger partial charge < -0.3 is 5.11 Å². The van der Waals surface area contributed by atoms with Gasteiger partial charge in [0.2, 0.25) is 10.0 Å². The largest absolute Gasteiger partial charge is 0.478 e. The van der Waals surface area contributed by atoms with Crippen LogP contribution < -0.4 is 10.3 Å². The summed E-state index contributed by atoms with van der Waals surface area (Å²) in [4.78, 5) is 16.9. The number of nitrogens with zero attached hydrogens (tertiary/aromatic N) is 2. The minimum absolute atomic E-state index is 0.0161. The van der Waals surface area contributed by atoms with Crippen LogP contribution in [0.25, 0.3) is 0 Å². The van der Waals surface area contributed by atoms with Gasteiger partial charge >= 0.3 is 5.97 Å². The zero-order valence-corrected chi connectivity index (χ0v) is 18.6. The number of carbonyl (C=O) groups is 1. The van der Waals surface area contributed by atoms with Crippen LogP contribution in [0.1, 0.15) is 38.1 Å². The number of pyridine rings is 1. The fourth-order valence-electron chi connectivity index (χ4n) is 2.62. The van der Waals surface area contributed by atoms with Crippen molar-refractivity contribution in [3.8, 4) is 0 Å². The fraction of sp³-hybridized carbons (Fsp3) is 0.375. The van der Waals surface area contributed by atoms with Gasteiger partial charge in [0, 0.05) is 23.7 Å². The Hall–Kier alpha value is -2.06. The molecule has 160 valence electrons. The van der Waals surface area contributed by atoms with Crippen LogP contribution in [0, 0.1) is 0 Å². The normalized spacial score (nSPS) is 12.7. The number of carboxylic acids is 1. The third kappa shape index (κ3) is 5.30. The maximum atomic E-state index is 12.8. The van der Waals surface area contributed by atoms with Crippen molar-refractivity contribution in [1.29, 1.82) is 0 Å². The molecule has 0 aliphatic rings. The first kappa shape index (κ1) is 23.2. The first-order chi connectivity index (χ1) is 13.4. The standard InChI is InChI=1S/C16H22N4O6S3/c1-10(2)20(11(3)4)29(25,26)13-5-6-14(17-8-13)18-19-28(23,24)15-7-12(9-27-15)16(21)22/h5-11,19H,1-4H3,(H,17,18)(H,21,22). The summed E-state index contributed by atoms with van der Waals surface area (Å²) in [5.41, 5.74) is 2.24. The fourth-order valence-corrected chi connectivity index (χ4v) is 6.40. The Morgan fingerprint density at radius 3 is 2.21 bits per heavy atom. The summed E-state index contributed by atoms with van der Waals surface area (Å²) >= 11 is 0.758. The number of hydrogen-bond donors (Lipinski definition) is 3. The van der Waals surface area contributed by atoms with E-state index in [1.165, 1.54) is 21.8 Å². The Morgan fingerprint density at radius 1 is 1.14 bits per heavy atom. The van der Waals surface area contributed by atoms with Crippen LogP contribution in [0.5, 0.6) is 0 Å². The Labute approximate surface area is 173 Å². The molecule has 2 rings (SSSR count). The number of rotatable bonds is 9. The van der Waals surface area contributed by atoms with Crippen LogP contribution in [-0.2, 0) is 20.0 Å². The SMILES string of the molecule is CC(C)N(C(C)C)S(=O)(=O)c1ccc(NNS(=O)(=O)c2cc(C(=O)O)cs2)nc1. The van der Waals surface area contributed by atoms with Crippen molar-refractivity contribution in [2.45, 2.75) is 48.9 Å². The Balaban J connectivity index is 2.15. The number of aromatic nitrogens is 1. The highest BCUT2D eigenvalue weighted by Crippen LogP contribution is 2.22. The van der Waals surface area contributed by atoms with Crippen LogP contribution in [0.2, 0.25) is 0 Å². The third-order valence-electron chi connectivity index (χ3n) is 3.73. The summed E-state index contributed by atoms with van der Waals surface area (Å²) < 4.78 is 51.2. The first-order valence-electron chi connectivity index (χ1n) is 8.45. The molecule has 0 saturated carbocycles. The monoisotopic (exact) mass is 462 g/mol. The highest BCUT2D eigenvalue weighted by molar-refractivity contribution is 7.91. The van der Waals surface area contributed by atoms with Crippen molar-refractivity contribution in [2.24, 2.45) is 0 Å². The number of anilines is 1. The summed E-state index contributed by atoms with van der Waals surface area (Å²) in [6.07, 6.45) is 1.14. The van der Waals surface area contributed by atoms with Crippen molar-refractivity contribution in [2.75, 3.05) is 5.43 Å². The first-order valence-corrected chi connectivity index (χ1v) is 12.3. The van der Waals surface area contributed by atoms with Gasteiger partial charge in [-0.25, -0.2) is 26.6 Å². The molecule has 0 spiro atoms. The molecule has 2 heterocycles. The van der Waals surface area contributed by atoms with Crippen molar-refractivity contribution < 1.29 is 26.7 Å². The molecule has 0 aromatic carbocycles. The quantitative estimate of drug-likeness (QED) is 0.479. The van der Waals surface area contributed by atoms with Crippen molar-refractivity contribution >= 4 is 43.2 Å². The molecule has 0 atom stereocenters. The molecule has 0 aliphatic heterocycles. The van der Waals surface area contributed by atoms with E-state index < -0.39 is 26.0 Å². The van der Waals surface area contributed by atoms with Gasteiger partial charge in [0.25, 0.3) is 10.0 Å². The number of thiophene rings is 1. The smallest absolute Gasteiger partial charge is 0.336 e. The zero-order chi connectivity index (χ0) is 22.0. The second-order valence-corrected chi connectivity index (χ2v) is 11.3. The molecule has 3 N–H and O–H groups in total. The van der Waals surface area contributed by atoms with Gasteiger partial charge in [0.1, 0.15) is 14.9 Å². The molecule has 2 aromatic rings. The maximum absolute atomic E-state index is 12.8. The van der Waals surface area contributed by atoms with E-state index in [0.29, 0.717) is 0 Å². The predicted molar refractivity (Wildman–Crippen MR) is 109 cm³/mol. The van der Waals surface area contributed by atoms with Gasteiger partial charge in [0.15, 0.2) is 0 Å².